The van der Waals surface area contributed by atoms with Gasteiger partial charge >= 0.3 is 0 Å². The summed E-state index contributed by atoms with van der Waals surface area (Å²) in [7, 11) is 0. The molecule has 29 heavy (non-hydrogen) atoms. The second-order valence-corrected chi connectivity index (χ2v) is 7.28. The molecule has 2 amide bonds. The zero-order valence-corrected chi connectivity index (χ0v) is 16.0. The third-order valence-corrected chi connectivity index (χ3v) is 5.23. The zero-order valence-electron chi connectivity index (χ0n) is 16.0. The standard InChI is InChI=1S/C24H23N3O2/c25-20-8-4-5-9-22(20)27-24(29)18-10-12-19-17(15-18)11-13-21(19)26-23(28)14-16-6-2-1-3-7-16/h1-10,12,15,21H,11,13-14,25H2,(H,26,28)(H,27,29). The largest absolute Gasteiger partial charge is 0.397 e. The first kappa shape index (κ1) is 18.7. The summed E-state index contributed by atoms with van der Waals surface area (Å²) in [6, 6.07) is 22.5. The molecular weight excluding hydrogens is 362 g/mol. The number of carbonyl (C=O) groups excluding carboxylic acids is 2. The average Bonchev–Trinajstić information content (AvgIpc) is 3.12. The number of fused-ring (bicyclic) bond motifs is 1. The van der Waals surface area contributed by atoms with Crippen LogP contribution in [-0.2, 0) is 17.6 Å². The second kappa shape index (κ2) is 8.19. The van der Waals surface area contributed by atoms with E-state index in [9.17, 15) is 9.59 Å². The molecule has 4 N–H and O–H groups in total. The summed E-state index contributed by atoms with van der Waals surface area (Å²) in [5.74, 6) is -0.183. The van der Waals surface area contributed by atoms with Crippen LogP contribution in [0.5, 0.6) is 0 Å². The van der Waals surface area contributed by atoms with E-state index in [-0.39, 0.29) is 17.9 Å². The maximum Gasteiger partial charge on any atom is 0.255 e. The van der Waals surface area contributed by atoms with E-state index in [1.54, 1.807) is 18.2 Å². The maximum absolute atomic E-state index is 12.6. The number of para-hydroxylation sites is 2. The fraction of sp³-hybridized carbons (Fsp3) is 0.167. The Bertz CT molecular complexity index is 1050. The van der Waals surface area contributed by atoms with Crippen LogP contribution in [0.15, 0.2) is 72.8 Å². The van der Waals surface area contributed by atoms with Crippen molar-refractivity contribution in [2.45, 2.75) is 25.3 Å². The van der Waals surface area contributed by atoms with Gasteiger partial charge in [0.15, 0.2) is 0 Å². The van der Waals surface area contributed by atoms with Crippen LogP contribution in [-0.4, -0.2) is 11.8 Å². The molecule has 1 aliphatic carbocycles. The Balaban J connectivity index is 1.43. The average molecular weight is 385 g/mol. The number of anilines is 2. The number of nitrogen functional groups attached to an aromatic ring is 1. The van der Waals surface area contributed by atoms with Crippen LogP contribution in [0.1, 0.15) is 39.5 Å². The lowest BCUT2D eigenvalue weighted by Crippen LogP contribution is -2.28. The molecule has 1 aliphatic rings. The lowest BCUT2D eigenvalue weighted by Gasteiger charge is -2.15. The molecule has 146 valence electrons. The van der Waals surface area contributed by atoms with E-state index in [1.165, 1.54) is 0 Å². The molecule has 0 fully saturated rings. The van der Waals surface area contributed by atoms with Gasteiger partial charge < -0.3 is 16.4 Å². The Morgan fingerprint density at radius 3 is 2.52 bits per heavy atom. The molecule has 0 saturated carbocycles. The molecule has 5 nitrogen and oxygen atoms in total. The Morgan fingerprint density at radius 1 is 0.966 bits per heavy atom. The Labute approximate surface area is 169 Å². The van der Waals surface area contributed by atoms with Crippen LogP contribution < -0.4 is 16.4 Å². The molecule has 5 heteroatoms. The molecule has 0 aliphatic heterocycles. The van der Waals surface area contributed by atoms with Gasteiger partial charge in [0.05, 0.1) is 23.8 Å². The molecule has 1 atom stereocenters. The van der Waals surface area contributed by atoms with Crippen LogP contribution in [0.4, 0.5) is 11.4 Å². The van der Waals surface area contributed by atoms with E-state index in [4.69, 9.17) is 5.73 Å². The van der Waals surface area contributed by atoms with Gasteiger partial charge in [0.25, 0.3) is 5.91 Å². The Morgan fingerprint density at radius 2 is 1.72 bits per heavy atom. The third-order valence-electron chi connectivity index (χ3n) is 5.23. The number of hydrogen-bond donors (Lipinski definition) is 3. The molecule has 0 saturated heterocycles. The van der Waals surface area contributed by atoms with Crippen molar-refractivity contribution in [2.75, 3.05) is 11.1 Å². The summed E-state index contributed by atoms with van der Waals surface area (Å²) >= 11 is 0. The van der Waals surface area contributed by atoms with Gasteiger partial charge in [-0.1, -0.05) is 48.5 Å². The highest BCUT2D eigenvalue weighted by atomic mass is 16.2. The second-order valence-electron chi connectivity index (χ2n) is 7.28. The van der Waals surface area contributed by atoms with Gasteiger partial charge in [-0.2, -0.15) is 0 Å². The lowest BCUT2D eigenvalue weighted by molar-refractivity contribution is -0.121. The number of nitrogens with one attached hydrogen (secondary N) is 2. The van der Waals surface area contributed by atoms with Gasteiger partial charge in [-0.25, -0.2) is 0 Å². The number of carbonyl (C=O) groups is 2. The SMILES string of the molecule is Nc1ccccc1NC(=O)c1ccc2c(c1)CCC2NC(=O)Cc1ccccc1. The predicted molar refractivity (Wildman–Crippen MR) is 115 cm³/mol. The summed E-state index contributed by atoms with van der Waals surface area (Å²) in [4.78, 5) is 25.0. The number of rotatable bonds is 5. The fourth-order valence-corrected chi connectivity index (χ4v) is 3.74. The summed E-state index contributed by atoms with van der Waals surface area (Å²) in [6.07, 6.45) is 2.04. The molecule has 4 rings (SSSR count). The van der Waals surface area contributed by atoms with Crippen molar-refractivity contribution in [3.63, 3.8) is 0 Å². The smallest absolute Gasteiger partial charge is 0.255 e. The molecule has 0 bridgehead atoms. The summed E-state index contributed by atoms with van der Waals surface area (Å²) < 4.78 is 0. The highest BCUT2D eigenvalue weighted by Crippen LogP contribution is 2.32. The molecule has 1 unspecified atom stereocenters. The first-order chi connectivity index (χ1) is 14.1. The first-order valence-electron chi connectivity index (χ1n) is 9.72. The molecule has 0 heterocycles. The highest BCUT2D eigenvalue weighted by Gasteiger charge is 2.25. The lowest BCUT2D eigenvalue weighted by atomic mass is 10.0. The summed E-state index contributed by atoms with van der Waals surface area (Å²) in [5, 5.41) is 5.98. The van der Waals surface area contributed by atoms with E-state index in [0.717, 1.165) is 29.5 Å². The van der Waals surface area contributed by atoms with Gasteiger partial charge in [-0.3, -0.25) is 9.59 Å². The van der Waals surface area contributed by atoms with Gasteiger partial charge in [0.1, 0.15) is 0 Å². The van der Waals surface area contributed by atoms with Crippen molar-refractivity contribution < 1.29 is 9.59 Å². The minimum Gasteiger partial charge on any atom is -0.397 e. The minimum absolute atomic E-state index is 0.00965. The quantitative estimate of drug-likeness (QED) is 0.583. The van der Waals surface area contributed by atoms with E-state index in [2.05, 4.69) is 10.6 Å². The monoisotopic (exact) mass is 385 g/mol. The Hall–Kier alpha value is -3.60. The fourth-order valence-electron chi connectivity index (χ4n) is 3.74. The molecule has 3 aromatic carbocycles. The molecular formula is C24H23N3O2. The van der Waals surface area contributed by atoms with Gasteiger partial charge in [0, 0.05) is 5.56 Å². The van der Waals surface area contributed by atoms with E-state index in [0.29, 0.717) is 23.4 Å². The van der Waals surface area contributed by atoms with Crippen molar-refractivity contribution in [2.24, 2.45) is 0 Å². The molecule has 0 radical (unpaired) electrons. The molecule has 0 aromatic heterocycles. The number of nitrogens with two attached hydrogens (primary N) is 1. The number of hydrogen-bond acceptors (Lipinski definition) is 3. The van der Waals surface area contributed by atoms with Gasteiger partial charge in [-0.15, -0.1) is 0 Å². The van der Waals surface area contributed by atoms with Crippen molar-refractivity contribution in [1.82, 2.24) is 5.32 Å². The predicted octanol–water partition coefficient (Wildman–Crippen LogP) is 3.87. The Kier molecular flexibility index (Phi) is 5.29. The van der Waals surface area contributed by atoms with E-state index >= 15 is 0 Å². The topological polar surface area (TPSA) is 84.2 Å². The van der Waals surface area contributed by atoms with Gasteiger partial charge in [0.2, 0.25) is 5.91 Å². The summed E-state index contributed by atoms with van der Waals surface area (Å²) in [6.45, 7) is 0. The highest BCUT2D eigenvalue weighted by molar-refractivity contribution is 6.05. The van der Waals surface area contributed by atoms with Crippen LogP contribution in [0.25, 0.3) is 0 Å². The number of aryl methyl sites for hydroxylation is 1. The molecule has 3 aromatic rings. The minimum atomic E-state index is -0.192. The van der Waals surface area contributed by atoms with Crippen LogP contribution in [0.2, 0.25) is 0 Å². The van der Waals surface area contributed by atoms with Crippen LogP contribution in [0.3, 0.4) is 0 Å². The van der Waals surface area contributed by atoms with Crippen molar-refractivity contribution in [1.29, 1.82) is 0 Å². The van der Waals surface area contributed by atoms with Crippen molar-refractivity contribution >= 4 is 23.2 Å². The number of amides is 2. The third kappa shape index (κ3) is 4.29. The van der Waals surface area contributed by atoms with Crippen molar-refractivity contribution in [3.8, 4) is 0 Å². The van der Waals surface area contributed by atoms with Crippen LogP contribution in [0, 0.1) is 0 Å². The van der Waals surface area contributed by atoms with Crippen LogP contribution >= 0.6 is 0 Å². The van der Waals surface area contributed by atoms with E-state index in [1.807, 2.05) is 54.6 Å². The van der Waals surface area contributed by atoms with Crippen molar-refractivity contribution in [3.05, 3.63) is 95.1 Å². The van der Waals surface area contributed by atoms with E-state index < -0.39 is 0 Å². The molecule has 0 spiro atoms. The summed E-state index contributed by atoms with van der Waals surface area (Å²) in [5.41, 5.74) is 10.8. The zero-order chi connectivity index (χ0) is 20.2. The van der Waals surface area contributed by atoms with Gasteiger partial charge in [-0.05, 0) is 53.8 Å². The first-order valence-corrected chi connectivity index (χ1v) is 9.72. The number of benzene rings is 3. The maximum atomic E-state index is 12.6. The normalized spacial score (nSPS) is 14.8.